The van der Waals surface area contributed by atoms with E-state index >= 15 is 0 Å². The molecule has 228 valence electrons. The van der Waals surface area contributed by atoms with Crippen molar-refractivity contribution in [2.75, 3.05) is 54.5 Å². The molecular formula is C37H38N6O2. The normalized spacial score (nSPS) is 14.9. The Morgan fingerprint density at radius 2 is 1.71 bits per heavy atom. The number of nitrogens with zero attached hydrogens (tertiary/aromatic N) is 5. The van der Waals surface area contributed by atoms with Gasteiger partial charge in [0.2, 0.25) is 5.95 Å². The lowest BCUT2D eigenvalue weighted by molar-refractivity contribution is -0.114. The summed E-state index contributed by atoms with van der Waals surface area (Å²) in [6.45, 7) is 16.7. The lowest BCUT2D eigenvalue weighted by Crippen LogP contribution is -2.36. The molecule has 1 N–H and O–H groups in total. The fraction of sp³-hybridized carbons (Fsp3) is 0.297. The molecule has 45 heavy (non-hydrogen) atoms. The fourth-order valence-electron chi connectivity index (χ4n) is 6.02. The van der Waals surface area contributed by atoms with E-state index < -0.39 is 0 Å². The van der Waals surface area contributed by atoms with Gasteiger partial charge in [-0.3, -0.25) is 4.79 Å². The number of carbonyl (C=O) groups excluding carboxylic acids is 1. The first-order valence-corrected chi connectivity index (χ1v) is 15.6. The quantitative estimate of drug-likeness (QED) is 0.153. The van der Waals surface area contributed by atoms with Crippen molar-refractivity contribution in [3.63, 3.8) is 0 Å². The van der Waals surface area contributed by atoms with Crippen molar-refractivity contribution in [3.05, 3.63) is 114 Å². The van der Waals surface area contributed by atoms with Crippen molar-refractivity contribution in [2.45, 2.75) is 32.1 Å². The first kappa shape index (κ1) is 30.0. The number of nitrogens with one attached hydrogen (secondary N) is 1. The summed E-state index contributed by atoms with van der Waals surface area (Å²) in [5.41, 5.74) is 8.10. The van der Waals surface area contributed by atoms with Crippen LogP contribution in [0.5, 0.6) is 0 Å². The smallest absolute Gasteiger partial charge is 0.227 e. The Hall–Kier alpha value is -5.00. The van der Waals surface area contributed by atoms with Crippen LogP contribution in [0.15, 0.2) is 85.6 Å². The van der Waals surface area contributed by atoms with Crippen LogP contribution >= 0.6 is 0 Å². The number of aromatic nitrogens is 2. The number of morpholine rings is 1. The van der Waals surface area contributed by atoms with E-state index in [-0.39, 0.29) is 12.2 Å². The number of ether oxygens (including phenoxy) is 1. The molecule has 0 radical (unpaired) electrons. The van der Waals surface area contributed by atoms with E-state index in [0.29, 0.717) is 18.1 Å². The van der Waals surface area contributed by atoms with Crippen LogP contribution < -0.4 is 15.1 Å². The van der Waals surface area contributed by atoms with Crippen LogP contribution in [0.4, 0.5) is 28.7 Å². The summed E-state index contributed by atoms with van der Waals surface area (Å²) in [5.74, 6) is 0.381. The summed E-state index contributed by atoms with van der Waals surface area (Å²) in [4.78, 5) is 30.4. The standard InChI is InChI=1S/C37H38N6O2/c1-3-35(44)23-28-21-29(24-32(22-28)38-2)36-30(20-27-10-12-33(13-11-27)43-16-18-45-19-17-43)26-39-37(41-36)40-31-8-7-9-34(25-31)42-14-5-4-6-15-42/h3,7-13,21-22,24-26H,1,4-6,14-20,23H2,(H,39,40,41). The maximum absolute atomic E-state index is 12.2. The van der Waals surface area contributed by atoms with Crippen molar-refractivity contribution in [1.82, 2.24) is 9.97 Å². The summed E-state index contributed by atoms with van der Waals surface area (Å²) in [7, 11) is 0. The summed E-state index contributed by atoms with van der Waals surface area (Å²) in [6.07, 6.45) is 7.70. The molecule has 1 aromatic heterocycles. The van der Waals surface area contributed by atoms with E-state index in [0.717, 1.165) is 73.0 Å². The Kier molecular flexibility index (Phi) is 9.47. The molecule has 3 heterocycles. The molecule has 0 bridgehead atoms. The average Bonchev–Trinajstić information content (AvgIpc) is 3.10. The number of piperidine rings is 1. The van der Waals surface area contributed by atoms with E-state index in [1.165, 1.54) is 36.7 Å². The Morgan fingerprint density at radius 3 is 2.47 bits per heavy atom. The molecule has 2 aliphatic rings. The van der Waals surface area contributed by atoms with Gasteiger partial charge >= 0.3 is 0 Å². The van der Waals surface area contributed by atoms with Crippen LogP contribution in [0.1, 0.15) is 36.0 Å². The second kappa shape index (κ2) is 14.2. The van der Waals surface area contributed by atoms with Crippen molar-refractivity contribution in [2.24, 2.45) is 0 Å². The predicted octanol–water partition coefficient (Wildman–Crippen LogP) is 7.15. The Morgan fingerprint density at radius 1 is 0.933 bits per heavy atom. The molecule has 0 unspecified atom stereocenters. The van der Waals surface area contributed by atoms with Gasteiger partial charge in [-0.25, -0.2) is 14.8 Å². The maximum Gasteiger partial charge on any atom is 0.227 e. The molecule has 8 nitrogen and oxygen atoms in total. The topological polar surface area (TPSA) is 75.0 Å². The molecule has 0 saturated carbocycles. The average molecular weight is 599 g/mol. The van der Waals surface area contributed by atoms with Crippen LogP contribution in [0.25, 0.3) is 16.1 Å². The zero-order chi connectivity index (χ0) is 31.0. The monoisotopic (exact) mass is 598 g/mol. The second-order valence-corrected chi connectivity index (χ2v) is 11.6. The molecule has 0 aliphatic carbocycles. The van der Waals surface area contributed by atoms with Gasteiger partial charge in [-0.15, -0.1) is 0 Å². The van der Waals surface area contributed by atoms with Crippen LogP contribution in [-0.4, -0.2) is 55.1 Å². The van der Waals surface area contributed by atoms with Gasteiger partial charge in [0.1, 0.15) is 0 Å². The molecule has 0 atom stereocenters. The van der Waals surface area contributed by atoms with Gasteiger partial charge in [-0.05, 0) is 72.9 Å². The van der Waals surface area contributed by atoms with Gasteiger partial charge in [-0.1, -0.05) is 42.5 Å². The number of ketones is 1. The molecule has 4 aromatic rings. The van der Waals surface area contributed by atoms with Crippen LogP contribution in [0, 0.1) is 6.57 Å². The number of allylic oxidation sites excluding steroid dienone is 1. The van der Waals surface area contributed by atoms with Crippen molar-refractivity contribution < 1.29 is 9.53 Å². The zero-order valence-electron chi connectivity index (χ0n) is 25.5. The highest BCUT2D eigenvalue weighted by atomic mass is 16.5. The van der Waals surface area contributed by atoms with E-state index in [9.17, 15) is 4.79 Å². The molecule has 6 rings (SSSR count). The minimum atomic E-state index is -0.0951. The number of benzene rings is 3. The summed E-state index contributed by atoms with van der Waals surface area (Å²) in [5, 5.41) is 3.42. The predicted molar refractivity (Wildman–Crippen MR) is 181 cm³/mol. The second-order valence-electron chi connectivity index (χ2n) is 11.6. The molecule has 2 fully saturated rings. The summed E-state index contributed by atoms with van der Waals surface area (Å²) in [6, 6.07) is 22.5. The van der Waals surface area contributed by atoms with Gasteiger partial charge < -0.3 is 19.9 Å². The third-order valence-corrected chi connectivity index (χ3v) is 8.38. The third kappa shape index (κ3) is 7.57. The summed E-state index contributed by atoms with van der Waals surface area (Å²) < 4.78 is 5.51. The number of hydrogen-bond acceptors (Lipinski definition) is 7. The highest BCUT2D eigenvalue weighted by molar-refractivity contribution is 5.91. The van der Waals surface area contributed by atoms with Crippen LogP contribution in [0.3, 0.4) is 0 Å². The molecule has 2 saturated heterocycles. The maximum atomic E-state index is 12.2. The number of hydrogen-bond donors (Lipinski definition) is 1. The van der Waals surface area contributed by atoms with Gasteiger partial charge in [0.05, 0.1) is 25.5 Å². The lowest BCUT2D eigenvalue weighted by atomic mass is 9.97. The Labute approximate surface area is 265 Å². The van der Waals surface area contributed by atoms with Crippen molar-refractivity contribution >= 4 is 34.5 Å². The van der Waals surface area contributed by atoms with E-state index in [4.69, 9.17) is 21.3 Å². The molecule has 0 spiro atoms. The minimum Gasteiger partial charge on any atom is -0.378 e. The van der Waals surface area contributed by atoms with Gasteiger partial charge in [0.25, 0.3) is 0 Å². The summed E-state index contributed by atoms with van der Waals surface area (Å²) >= 11 is 0. The number of carbonyl (C=O) groups is 1. The van der Waals surface area contributed by atoms with Crippen molar-refractivity contribution in [3.8, 4) is 11.3 Å². The first-order valence-electron chi connectivity index (χ1n) is 15.6. The largest absolute Gasteiger partial charge is 0.378 e. The molecular weight excluding hydrogens is 560 g/mol. The Balaban J connectivity index is 1.33. The van der Waals surface area contributed by atoms with E-state index in [1.54, 1.807) is 6.07 Å². The van der Waals surface area contributed by atoms with E-state index in [2.05, 4.69) is 69.0 Å². The SMILES string of the molecule is [C-]#[N+]c1cc(CC(=O)C=C)cc(-c2nc(Nc3cccc(N4CCCCC4)c3)ncc2Cc2ccc(N3CCOCC3)cc2)c1. The zero-order valence-corrected chi connectivity index (χ0v) is 25.5. The number of anilines is 4. The molecule has 3 aromatic carbocycles. The minimum absolute atomic E-state index is 0.0951. The van der Waals surface area contributed by atoms with Gasteiger partial charge in [0, 0.05) is 67.8 Å². The van der Waals surface area contributed by atoms with Crippen LogP contribution in [0.2, 0.25) is 0 Å². The van der Waals surface area contributed by atoms with E-state index in [1.807, 2.05) is 24.4 Å². The highest BCUT2D eigenvalue weighted by Gasteiger charge is 2.16. The fourth-order valence-corrected chi connectivity index (χ4v) is 6.02. The molecule has 2 aliphatic heterocycles. The Bertz CT molecular complexity index is 1700. The lowest BCUT2D eigenvalue weighted by Gasteiger charge is -2.29. The highest BCUT2D eigenvalue weighted by Crippen LogP contribution is 2.31. The third-order valence-electron chi connectivity index (χ3n) is 8.38. The van der Waals surface area contributed by atoms with Crippen LogP contribution in [-0.2, 0) is 22.4 Å². The van der Waals surface area contributed by atoms with Gasteiger partial charge in [0.15, 0.2) is 11.5 Å². The van der Waals surface area contributed by atoms with Crippen molar-refractivity contribution in [1.29, 1.82) is 0 Å². The van der Waals surface area contributed by atoms with Gasteiger partial charge in [-0.2, -0.15) is 0 Å². The number of rotatable bonds is 10. The first-order chi connectivity index (χ1) is 22.1. The molecule has 0 amide bonds. The molecule has 8 heteroatoms.